The Morgan fingerprint density at radius 3 is 2.56 bits per heavy atom. The summed E-state index contributed by atoms with van der Waals surface area (Å²) in [6.45, 7) is 4.28. The van der Waals surface area contributed by atoms with Gasteiger partial charge in [-0.25, -0.2) is 0 Å². The summed E-state index contributed by atoms with van der Waals surface area (Å²) in [7, 11) is 0. The second kappa shape index (κ2) is 2.92. The van der Waals surface area contributed by atoms with E-state index in [1.54, 1.807) is 0 Å². The molecule has 0 aromatic carbocycles. The SMILES string of the molecule is CC(C)C#CCC1CC1. The van der Waals surface area contributed by atoms with Crippen molar-refractivity contribution in [2.24, 2.45) is 11.8 Å². The predicted octanol–water partition coefficient (Wildman–Crippen LogP) is 2.45. The van der Waals surface area contributed by atoms with Crippen molar-refractivity contribution >= 4 is 0 Å². The average Bonchev–Trinajstić information content (AvgIpc) is 2.48. The maximum atomic E-state index is 3.20. The molecule has 0 aromatic heterocycles. The summed E-state index contributed by atoms with van der Waals surface area (Å²) in [6.07, 6.45) is 4.00. The summed E-state index contributed by atoms with van der Waals surface area (Å²) in [5.41, 5.74) is 0. The summed E-state index contributed by atoms with van der Waals surface area (Å²) in [6, 6.07) is 0. The molecule has 0 heterocycles. The van der Waals surface area contributed by atoms with Gasteiger partial charge in [-0.05, 0) is 18.8 Å². The highest BCUT2D eigenvalue weighted by Crippen LogP contribution is 2.31. The second-order valence-corrected chi connectivity index (χ2v) is 3.12. The number of hydrogen-bond acceptors (Lipinski definition) is 0. The van der Waals surface area contributed by atoms with Crippen molar-refractivity contribution in [2.45, 2.75) is 33.1 Å². The van der Waals surface area contributed by atoms with Crippen LogP contribution in [0, 0.1) is 23.7 Å². The van der Waals surface area contributed by atoms with Crippen molar-refractivity contribution in [3.05, 3.63) is 0 Å². The van der Waals surface area contributed by atoms with Crippen LogP contribution in [0.1, 0.15) is 33.1 Å². The van der Waals surface area contributed by atoms with Gasteiger partial charge in [-0.3, -0.25) is 0 Å². The minimum atomic E-state index is 0.559. The van der Waals surface area contributed by atoms with Crippen LogP contribution in [0.15, 0.2) is 0 Å². The van der Waals surface area contributed by atoms with Crippen LogP contribution in [0.2, 0.25) is 0 Å². The van der Waals surface area contributed by atoms with Gasteiger partial charge in [0.15, 0.2) is 0 Å². The van der Waals surface area contributed by atoms with Gasteiger partial charge in [0.25, 0.3) is 0 Å². The van der Waals surface area contributed by atoms with Gasteiger partial charge in [0.05, 0.1) is 0 Å². The van der Waals surface area contributed by atoms with E-state index < -0.39 is 0 Å². The Kier molecular flexibility index (Phi) is 2.16. The Labute approximate surface area is 57.7 Å². The van der Waals surface area contributed by atoms with Crippen LogP contribution in [0.25, 0.3) is 0 Å². The van der Waals surface area contributed by atoms with Crippen LogP contribution in [0.5, 0.6) is 0 Å². The van der Waals surface area contributed by atoms with Crippen LogP contribution in [0.3, 0.4) is 0 Å². The van der Waals surface area contributed by atoms with E-state index in [0.717, 1.165) is 12.3 Å². The summed E-state index contributed by atoms with van der Waals surface area (Å²) in [5.74, 6) is 7.89. The van der Waals surface area contributed by atoms with Crippen LogP contribution < -0.4 is 0 Å². The minimum Gasteiger partial charge on any atom is -0.103 e. The van der Waals surface area contributed by atoms with Crippen molar-refractivity contribution in [2.75, 3.05) is 0 Å². The van der Waals surface area contributed by atoms with E-state index in [0.29, 0.717) is 5.92 Å². The summed E-state index contributed by atoms with van der Waals surface area (Å²) in [4.78, 5) is 0. The van der Waals surface area contributed by atoms with E-state index in [9.17, 15) is 0 Å². The lowest BCUT2D eigenvalue weighted by molar-refractivity contribution is 0.848. The fourth-order valence-electron chi connectivity index (χ4n) is 0.729. The zero-order valence-electron chi connectivity index (χ0n) is 6.28. The van der Waals surface area contributed by atoms with E-state index >= 15 is 0 Å². The number of rotatable bonds is 1. The fraction of sp³-hybridized carbons (Fsp3) is 0.778. The molecule has 0 aliphatic heterocycles. The Balaban J connectivity index is 2.09. The normalized spacial score (nSPS) is 17.2. The van der Waals surface area contributed by atoms with Gasteiger partial charge in [-0.2, -0.15) is 0 Å². The molecule has 0 aromatic rings. The van der Waals surface area contributed by atoms with Crippen molar-refractivity contribution in [3.8, 4) is 11.8 Å². The molecule has 0 bridgehead atoms. The van der Waals surface area contributed by atoms with Crippen molar-refractivity contribution in [3.63, 3.8) is 0 Å². The van der Waals surface area contributed by atoms with Gasteiger partial charge in [-0.15, -0.1) is 11.8 Å². The first kappa shape index (κ1) is 6.68. The first-order chi connectivity index (χ1) is 4.29. The van der Waals surface area contributed by atoms with Gasteiger partial charge < -0.3 is 0 Å². The highest BCUT2D eigenvalue weighted by Gasteiger charge is 2.19. The number of hydrogen-bond donors (Lipinski definition) is 0. The zero-order valence-corrected chi connectivity index (χ0v) is 6.28. The standard InChI is InChI=1S/C9H14/c1-8(2)4-3-5-9-6-7-9/h8-9H,5-7H2,1-2H3. The van der Waals surface area contributed by atoms with Crippen LogP contribution in [-0.4, -0.2) is 0 Å². The summed E-state index contributed by atoms with van der Waals surface area (Å²) < 4.78 is 0. The van der Waals surface area contributed by atoms with Gasteiger partial charge in [0.2, 0.25) is 0 Å². The van der Waals surface area contributed by atoms with Gasteiger partial charge >= 0.3 is 0 Å². The quantitative estimate of drug-likeness (QED) is 0.469. The molecule has 0 heteroatoms. The van der Waals surface area contributed by atoms with Gasteiger partial charge in [-0.1, -0.05) is 13.8 Å². The Morgan fingerprint density at radius 2 is 2.11 bits per heavy atom. The molecule has 1 aliphatic rings. The molecule has 1 saturated carbocycles. The largest absolute Gasteiger partial charge is 0.103 e. The van der Waals surface area contributed by atoms with Crippen molar-refractivity contribution < 1.29 is 0 Å². The highest BCUT2D eigenvalue weighted by molar-refractivity contribution is 5.03. The van der Waals surface area contributed by atoms with E-state index in [4.69, 9.17) is 0 Å². The first-order valence-electron chi connectivity index (χ1n) is 3.77. The lowest BCUT2D eigenvalue weighted by atomic mass is 10.2. The van der Waals surface area contributed by atoms with E-state index in [1.807, 2.05) is 0 Å². The second-order valence-electron chi connectivity index (χ2n) is 3.12. The maximum Gasteiger partial charge on any atom is 0.0146 e. The molecule has 0 atom stereocenters. The molecule has 9 heavy (non-hydrogen) atoms. The molecule has 0 saturated heterocycles. The van der Waals surface area contributed by atoms with E-state index in [1.165, 1.54) is 12.8 Å². The molecule has 50 valence electrons. The molecular weight excluding hydrogens is 108 g/mol. The fourth-order valence-corrected chi connectivity index (χ4v) is 0.729. The topological polar surface area (TPSA) is 0 Å². The Bertz CT molecular complexity index is 130. The summed E-state index contributed by atoms with van der Waals surface area (Å²) in [5, 5.41) is 0. The molecule has 0 unspecified atom stereocenters. The lowest BCUT2D eigenvalue weighted by Gasteiger charge is -1.86. The minimum absolute atomic E-state index is 0.559. The average molecular weight is 122 g/mol. The summed E-state index contributed by atoms with van der Waals surface area (Å²) >= 11 is 0. The predicted molar refractivity (Wildman–Crippen MR) is 40.0 cm³/mol. The highest BCUT2D eigenvalue weighted by atomic mass is 14.2. The third-order valence-corrected chi connectivity index (χ3v) is 1.48. The molecule has 0 amide bonds. The zero-order chi connectivity index (χ0) is 6.69. The third kappa shape index (κ3) is 3.19. The van der Waals surface area contributed by atoms with E-state index in [2.05, 4.69) is 25.7 Å². The molecule has 1 fully saturated rings. The van der Waals surface area contributed by atoms with Crippen molar-refractivity contribution in [1.29, 1.82) is 0 Å². The van der Waals surface area contributed by atoms with Crippen LogP contribution in [-0.2, 0) is 0 Å². The van der Waals surface area contributed by atoms with Crippen LogP contribution in [0.4, 0.5) is 0 Å². The third-order valence-electron chi connectivity index (χ3n) is 1.48. The molecule has 1 aliphatic carbocycles. The molecule has 0 nitrogen and oxygen atoms in total. The Morgan fingerprint density at radius 1 is 1.44 bits per heavy atom. The Hall–Kier alpha value is -0.440. The molecule has 0 N–H and O–H groups in total. The lowest BCUT2D eigenvalue weighted by Crippen LogP contribution is -1.78. The smallest absolute Gasteiger partial charge is 0.0146 e. The first-order valence-corrected chi connectivity index (χ1v) is 3.77. The van der Waals surface area contributed by atoms with E-state index in [-0.39, 0.29) is 0 Å². The maximum absolute atomic E-state index is 3.20. The van der Waals surface area contributed by atoms with Gasteiger partial charge in [0.1, 0.15) is 0 Å². The van der Waals surface area contributed by atoms with Crippen LogP contribution >= 0.6 is 0 Å². The molecule has 1 rings (SSSR count). The molecular formula is C9H14. The molecule has 0 spiro atoms. The monoisotopic (exact) mass is 122 g/mol. The van der Waals surface area contributed by atoms with Crippen molar-refractivity contribution in [1.82, 2.24) is 0 Å². The molecule has 0 radical (unpaired) electrons. The van der Waals surface area contributed by atoms with Gasteiger partial charge in [0, 0.05) is 12.3 Å².